The third kappa shape index (κ3) is 3.27. The average molecular weight is 270 g/mol. The van der Waals surface area contributed by atoms with Gasteiger partial charge >= 0.3 is 0 Å². The molecule has 0 spiro atoms. The smallest absolute Gasteiger partial charge is 0.0820 e. The van der Waals surface area contributed by atoms with Crippen molar-refractivity contribution in [2.24, 2.45) is 5.92 Å². The summed E-state index contributed by atoms with van der Waals surface area (Å²) in [5.74, 6) is 1.02. The summed E-state index contributed by atoms with van der Waals surface area (Å²) in [6.07, 6.45) is 5.56. The molecule has 1 aromatic rings. The molecule has 102 valence electrons. The van der Waals surface area contributed by atoms with E-state index in [-0.39, 0.29) is 0 Å². The molecule has 1 aliphatic rings. The number of aromatic nitrogens is 2. The van der Waals surface area contributed by atoms with E-state index in [1.807, 2.05) is 0 Å². The quantitative estimate of drug-likeness (QED) is 0.822. The molecule has 1 N–H and O–H groups in total. The first-order valence-corrected chi connectivity index (χ1v) is 7.45. The standard InChI is InChI=1S/C14H24ClN3/c1-4-7-18-14(13(15)9-17-18)11(3)10(2)8-16-12-5-6-12/h9-12,16H,4-8H2,1-3H3. The molecule has 0 aromatic carbocycles. The van der Waals surface area contributed by atoms with Gasteiger partial charge in [0, 0.05) is 18.5 Å². The van der Waals surface area contributed by atoms with Crippen molar-refractivity contribution in [1.82, 2.24) is 15.1 Å². The van der Waals surface area contributed by atoms with Gasteiger partial charge in [-0.15, -0.1) is 0 Å². The minimum absolute atomic E-state index is 0.442. The first-order valence-electron chi connectivity index (χ1n) is 7.08. The van der Waals surface area contributed by atoms with E-state index >= 15 is 0 Å². The summed E-state index contributed by atoms with van der Waals surface area (Å²) < 4.78 is 2.07. The third-order valence-corrected chi connectivity index (χ3v) is 4.15. The third-order valence-electron chi connectivity index (χ3n) is 3.86. The second-order valence-corrected chi connectivity index (χ2v) is 5.96. The highest BCUT2D eigenvalue weighted by molar-refractivity contribution is 6.31. The summed E-state index contributed by atoms with van der Waals surface area (Å²) in [5.41, 5.74) is 1.20. The van der Waals surface area contributed by atoms with Gasteiger partial charge in [0.2, 0.25) is 0 Å². The van der Waals surface area contributed by atoms with Crippen LogP contribution in [0.1, 0.15) is 51.6 Å². The molecular weight excluding hydrogens is 246 g/mol. The van der Waals surface area contributed by atoms with Crippen LogP contribution in [0.5, 0.6) is 0 Å². The highest BCUT2D eigenvalue weighted by atomic mass is 35.5. The molecule has 1 saturated carbocycles. The Morgan fingerprint density at radius 2 is 2.22 bits per heavy atom. The minimum Gasteiger partial charge on any atom is -0.314 e. The van der Waals surface area contributed by atoms with Crippen molar-refractivity contribution < 1.29 is 0 Å². The van der Waals surface area contributed by atoms with Crippen molar-refractivity contribution >= 4 is 11.6 Å². The maximum absolute atomic E-state index is 6.29. The van der Waals surface area contributed by atoms with Crippen LogP contribution in [-0.2, 0) is 6.54 Å². The van der Waals surface area contributed by atoms with Gasteiger partial charge in [-0.05, 0) is 31.7 Å². The predicted octanol–water partition coefficient (Wildman–Crippen LogP) is 3.44. The zero-order chi connectivity index (χ0) is 13.1. The zero-order valence-corrected chi connectivity index (χ0v) is 12.4. The van der Waals surface area contributed by atoms with Crippen molar-refractivity contribution in [3.63, 3.8) is 0 Å². The first kappa shape index (κ1) is 13.9. The zero-order valence-electron chi connectivity index (χ0n) is 11.6. The molecule has 1 aliphatic carbocycles. The van der Waals surface area contributed by atoms with Gasteiger partial charge < -0.3 is 5.32 Å². The molecule has 3 nitrogen and oxygen atoms in total. The Balaban J connectivity index is 2.00. The number of rotatable bonds is 7. The maximum atomic E-state index is 6.29. The molecule has 0 saturated heterocycles. The van der Waals surface area contributed by atoms with Gasteiger partial charge in [-0.25, -0.2) is 0 Å². The monoisotopic (exact) mass is 269 g/mol. The van der Waals surface area contributed by atoms with Crippen LogP contribution in [0.3, 0.4) is 0 Å². The van der Waals surface area contributed by atoms with Gasteiger partial charge in [-0.2, -0.15) is 5.10 Å². The van der Waals surface area contributed by atoms with Crippen molar-refractivity contribution in [2.45, 2.75) is 58.5 Å². The molecule has 2 unspecified atom stereocenters. The van der Waals surface area contributed by atoms with Crippen LogP contribution >= 0.6 is 11.6 Å². The van der Waals surface area contributed by atoms with Crippen molar-refractivity contribution in [1.29, 1.82) is 0 Å². The van der Waals surface area contributed by atoms with Gasteiger partial charge in [-0.1, -0.05) is 32.4 Å². The van der Waals surface area contributed by atoms with Gasteiger partial charge in [0.05, 0.1) is 16.9 Å². The summed E-state index contributed by atoms with van der Waals surface area (Å²) >= 11 is 6.29. The Morgan fingerprint density at radius 1 is 1.50 bits per heavy atom. The van der Waals surface area contributed by atoms with Gasteiger partial charge in [0.1, 0.15) is 0 Å². The van der Waals surface area contributed by atoms with Crippen molar-refractivity contribution in [2.75, 3.05) is 6.54 Å². The number of nitrogens with one attached hydrogen (secondary N) is 1. The van der Waals surface area contributed by atoms with Crippen LogP contribution in [0, 0.1) is 5.92 Å². The molecule has 0 radical (unpaired) electrons. The van der Waals surface area contributed by atoms with E-state index in [1.165, 1.54) is 18.5 Å². The molecule has 0 bridgehead atoms. The number of hydrogen-bond donors (Lipinski definition) is 1. The lowest BCUT2D eigenvalue weighted by Gasteiger charge is -2.22. The molecule has 0 aliphatic heterocycles. The van der Waals surface area contributed by atoms with Crippen molar-refractivity contribution in [3.05, 3.63) is 16.9 Å². The van der Waals surface area contributed by atoms with Crippen LogP contribution in [0.15, 0.2) is 6.20 Å². The predicted molar refractivity (Wildman–Crippen MR) is 76.1 cm³/mol. The lowest BCUT2D eigenvalue weighted by Crippen LogP contribution is -2.27. The van der Waals surface area contributed by atoms with Crippen LogP contribution in [-0.4, -0.2) is 22.4 Å². The topological polar surface area (TPSA) is 29.9 Å². The SMILES string of the molecule is CCCn1ncc(Cl)c1C(C)C(C)CNC1CC1. The Morgan fingerprint density at radius 3 is 2.83 bits per heavy atom. The summed E-state index contributed by atoms with van der Waals surface area (Å²) in [6, 6.07) is 0.774. The van der Waals surface area contributed by atoms with E-state index < -0.39 is 0 Å². The summed E-state index contributed by atoms with van der Waals surface area (Å²) in [7, 11) is 0. The molecule has 18 heavy (non-hydrogen) atoms. The molecule has 1 aromatic heterocycles. The maximum Gasteiger partial charge on any atom is 0.0820 e. The summed E-state index contributed by atoms with van der Waals surface area (Å²) in [5, 5.41) is 8.79. The van der Waals surface area contributed by atoms with E-state index in [0.29, 0.717) is 11.8 Å². The molecule has 2 rings (SSSR count). The molecule has 0 amide bonds. The first-order chi connectivity index (χ1) is 8.63. The molecule has 2 atom stereocenters. The molecule has 1 fully saturated rings. The Labute approximate surface area is 115 Å². The van der Waals surface area contributed by atoms with E-state index in [4.69, 9.17) is 11.6 Å². The minimum atomic E-state index is 0.442. The lowest BCUT2D eigenvalue weighted by molar-refractivity contribution is 0.418. The van der Waals surface area contributed by atoms with E-state index in [2.05, 4.69) is 35.9 Å². The average Bonchev–Trinajstić information content (AvgIpc) is 3.11. The highest BCUT2D eigenvalue weighted by Gasteiger charge is 2.25. The Bertz CT molecular complexity index is 384. The largest absolute Gasteiger partial charge is 0.314 e. The lowest BCUT2D eigenvalue weighted by atomic mass is 9.92. The van der Waals surface area contributed by atoms with E-state index in [0.717, 1.165) is 30.6 Å². The van der Waals surface area contributed by atoms with Crippen LogP contribution < -0.4 is 5.32 Å². The Kier molecular flexibility index (Phi) is 4.68. The van der Waals surface area contributed by atoms with E-state index in [1.54, 1.807) is 6.20 Å². The Hall–Kier alpha value is -0.540. The number of nitrogens with zero attached hydrogens (tertiary/aromatic N) is 2. The molecular formula is C14H24ClN3. The normalized spacial score (nSPS) is 18.9. The molecule has 1 heterocycles. The van der Waals surface area contributed by atoms with Gasteiger partial charge in [0.15, 0.2) is 0 Å². The highest BCUT2D eigenvalue weighted by Crippen LogP contribution is 2.30. The van der Waals surface area contributed by atoms with Crippen LogP contribution in [0.25, 0.3) is 0 Å². The van der Waals surface area contributed by atoms with Gasteiger partial charge in [0.25, 0.3) is 0 Å². The summed E-state index contributed by atoms with van der Waals surface area (Å²) in [4.78, 5) is 0. The fourth-order valence-corrected chi connectivity index (χ4v) is 2.61. The van der Waals surface area contributed by atoms with Gasteiger partial charge in [-0.3, -0.25) is 4.68 Å². The van der Waals surface area contributed by atoms with Crippen LogP contribution in [0.2, 0.25) is 5.02 Å². The fourth-order valence-electron chi connectivity index (χ4n) is 2.30. The number of aryl methyl sites for hydroxylation is 1. The van der Waals surface area contributed by atoms with E-state index in [9.17, 15) is 0 Å². The number of hydrogen-bond acceptors (Lipinski definition) is 2. The molecule has 4 heteroatoms. The second-order valence-electron chi connectivity index (χ2n) is 5.55. The van der Waals surface area contributed by atoms with Crippen molar-refractivity contribution in [3.8, 4) is 0 Å². The number of halogens is 1. The van der Waals surface area contributed by atoms with Crippen LogP contribution in [0.4, 0.5) is 0 Å². The summed E-state index contributed by atoms with van der Waals surface area (Å²) in [6.45, 7) is 8.74. The second kappa shape index (κ2) is 6.07. The fraction of sp³-hybridized carbons (Fsp3) is 0.786.